The molecule has 1 amide bonds. The van der Waals surface area contributed by atoms with Crippen LogP contribution in [0.1, 0.15) is 61.1 Å². The molecule has 0 atom stereocenters. The van der Waals surface area contributed by atoms with Gasteiger partial charge in [0.25, 0.3) is 11.5 Å². The standard InChI is InChI=1S/C18H28N4O2/c1-3-14-15(4-2)20-21-17(23)16(14)18(24)22-9-7-13(8-10-22)19-11-12-5-6-12/h12-13,19H,3-11H2,1-2H3,(H,21,23). The van der Waals surface area contributed by atoms with Crippen molar-refractivity contribution in [2.45, 2.75) is 58.4 Å². The molecule has 3 rings (SSSR count). The van der Waals surface area contributed by atoms with Crippen LogP contribution >= 0.6 is 0 Å². The summed E-state index contributed by atoms with van der Waals surface area (Å²) in [5.41, 5.74) is 1.57. The normalized spacial score (nSPS) is 18.8. The van der Waals surface area contributed by atoms with Gasteiger partial charge in [0.05, 0.1) is 5.69 Å². The Bertz CT molecular complexity index is 643. The second kappa shape index (κ2) is 7.47. The summed E-state index contributed by atoms with van der Waals surface area (Å²) in [6, 6.07) is 0.502. The van der Waals surface area contributed by atoms with E-state index in [-0.39, 0.29) is 11.5 Å². The number of hydrogen-bond donors (Lipinski definition) is 2. The van der Waals surface area contributed by atoms with Crippen molar-refractivity contribution in [2.24, 2.45) is 5.92 Å². The molecule has 1 saturated carbocycles. The van der Waals surface area contributed by atoms with Crippen molar-refractivity contribution in [3.8, 4) is 0 Å². The predicted octanol–water partition coefficient (Wildman–Crippen LogP) is 1.50. The number of H-pyrrole nitrogens is 1. The van der Waals surface area contributed by atoms with Crippen LogP contribution in [0.15, 0.2) is 4.79 Å². The fraction of sp³-hybridized carbons (Fsp3) is 0.722. The van der Waals surface area contributed by atoms with Crippen molar-refractivity contribution >= 4 is 5.91 Å². The summed E-state index contributed by atoms with van der Waals surface area (Å²) in [6.45, 7) is 6.51. The van der Waals surface area contributed by atoms with E-state index in [1.54, 1.807) is 0 Å². The SMILES string of the molecule is CCc1n[nH]c(=O)c(C(=O)N2CCC(NCC3CC3)CC2)c1CC. The second-order valence-electron chi connectivity index (χ2n) is 6.98. The van der Waals surface area contributed by atoms with Gasteiger partial charge in [-0.05, 0) is 56.6 Å². The van der Waals surface area contributed by atoms with Crippen LogP contribution in [0.3, 0.4) is 0 Å². The number of hydrogen-bond acceptors (Lipinski definition) is 4. The lowest BCUT2D eigenvalue weighted by Crippen LogP contribution is -2.46. The van der Waals surface area contributed by atoms with Gasteiger partial charge in [0.2, 0.25) is 0 Å². The Morgan fingerprint density at radius 3 is 2.50 bits per heavy atom. The molecule has 1 aliphatic heterocycles. The molecule has 132 valence electrons. The summed E-state index contributed by atoms with van der Waals surface area (Å²) in [6.07, 6.45) is 6.00. The third-order valence-corrected chi connectivity index (χ3v) is 5.25. The number of aromatic nitrogens is 2. The Morgan fingerprint density at radius 2 is 1.92 bits per heavy atom. The maximum atomic E-state index is 12.9. The van der Waals surface area contributed by atoms with Crippen LogP contribution in [0.25, 0.3) is 0 Å². The summed E-state index contributed by atoms with van der Waals surface area (Å²) in [7, 11) is 0. The molecule has 0 unspecified atom stereocenters. The highest BCUT2D eigenvalue weighted by atomic mass is 16.2. The topological polar surface area (TPSA) is 78.1 Å². The van der Waals surface area contributed by atoms with Gasteiger partial charge in [0.15, 0.2) is 0 Å². The molecule has 6 nitrogen and oxygen atoms in total. The number of aromatic amines is 1. The van der Waals surface area contributed by atoms with Crippen molar-refractivity contribution in [2.75, 3.05) is 19.6 Å². The van der Waals surface area contributed by atoms with Crippen LogP contribution in [0.2, 0.25) is 0 Å². The highest BCUT2D eigenvalue weighted by Gasteiger charge is 2.29. The summed E-state index contributed by atoms with van der Waals surface area (Å²) >= 11 is 0. The average molecular weight is 332 g/mol. The average Bonchev–Trinajstić information content (AvgIpc) is 3.44. The summed E-state index contributed by atoms with van der Waals surface area (Å²) in [4.78, 5) is 27.0. The first-order valence-electron chi connectivity index (χ1n) is 9.27. The molecule has 1 aromatic rings. The van der Waals surface area contributed by atoms with E-state index in [0.29, 0.717) is 37.5 Å². The first-order valence-corrected chi connectivity index (χ1v) is 9.27. The lowest BCUT2D eigenvalue weighted by Gasteiger charge is -2.33. The van der Waals surface area contributed by atoms with Crippen molar-refractivity contribution in [3.63, 3.8) is 0 Å². The molecule has 0 spiro atoms. The van der Waals surface area contributed by atoms with Gasteiger partial charge in [-0.15, -0.1) is 0 Å². The lowest BCUT2D eigenvalue weighted by atomic mass is 10.00. The number of piperidine rings is 1. The lowest BCUT2D eigenvalue weighted by molar-refractivity contribution is 0.0701. The number of rotatable bonds is 6. The third-order valence-electron chi connectivity index (χ3n) is 5.25. The maximum Gasteiger partial charge on any atom is 0.277 e. The Morgan fingerprint density at radius 1 is 1.21 bits per heavy atom. The zero-order valence-corrected chi connectivity index (χ0v) is 14.7. The molecule has 0 radical (unpaired) electrons. The number of carbonyl (C=O) groups is 1. The molecular formula is C18H28N4O2. The van der Waals surface area contributed by atoms with E-state index in [1.807, 2.05) is 18.7 Å². The van der Waals surface area contributed by atoms with Gasteiger partial charge in [-0.1, -0.05) is 13.8 Å². The zero-order valence-electron chi connectivity index (χ0n) is 14.7. The van der Waals surface area contributed by atoms with Crippen LogP contribution in [0.5, 0.6) is 0 Å². The van der Waals surface area contributed by atoms with Gasteiger partial charge in [0, 0.05) is 19.1 Å². The number of carbonyl (C=O) groups excluding carboxylic acids is 1. The predicted molar refractivity (Wildman–Crippen MR) is 93.3 cm³/mol. The highest BCUT2D eigenvalue weighted by molar-refractivity contribution is 5.95. The molecule has 2 heterocycles. The van der Waals surface area contributed by atoms with E-state index in [1.165, 1.54) is 12.8 Å². The van der Waals surface area contributed by atoms with Crippen LogP contribution in [-0.4, -0.2) is 46.7 Å². The van der Waals surface area contributed by atoms with Gasteiger partial charge in [-0.3, -0.25) is 9.59 Å². The number of aryl methyl sites for hydroxylation is 1. The minimum Gasteiger partial charge on any atom is -0.338 e. The number of amides is 1. The van der Waals surface area contributed by atoms with Crippen molar-refractivity contribution in [1.29, 1.82) is 0 Å². The summed E-state index contributed by atoms with van der Waals surface area (Å²) in [5, 5.41) is 10.2. The fourth-order valence-electron chi connectivity index (χ4n) is 3.52. The molecule has 0 bridgehead atoms. The molecule has 1 saturated heterocycles. The van der Waals surface area contributed by atoms with Crippen LogP contribution < -0.4 is 10.9 Å². The molecular weight excluding hydrogens is 304 g/mol. The molecule has 2 fully saturated rings. The smallest absolute Gasteiger partial charge is 0.277 e. The molecule has 24 heavy (non-hydrogen) atoms. The van der Waals surface area contributed by atoms with Gasteiger partial charge in [0.1, 0.15) is 5.56 Å². The van der Waals surface area contributed by atoms with E-state index >= 15 is 0 Å². The van der Waals surface area contributed by atoms with Crippen molar-refractivity contribution in [3.05, 3.63) is 27.2 Å². The number of nitrogens with one attached hydrogen (secondary N) is 2. The molecule has 2 N–H and O–H groups in total. The van der Waals surface area contributed by atoms with Gasteiger partial charge < -0.3 is 10.2 Å². The second-order valence-corrected chi connectivity index (χ2v) is 6.98. The van der Waals surface area contributed by atoms with Gasteiger partial charge >= 0.3 is 0 Å². The first-order chi connectivity index (χ1) is 11.6. The third kappa shape index (κ3) is 3.69. The largest absolute Gasteiger partial charge is 0.338 e. The monoisotopic (exact) mass is 332 g/mol. The zero-order chi connectivity index (χ0) is 17.1. The van der Waals surface area contributed by atoms with E-state index in [9.17, 15) is 9.59 Å². The molecule has 1 aliphatic carbocycles. The molecule has 1 aromatic heterocycles. The van der Waals surface area contributed by atoms with Crippen LogP contribution in [0, 0.1) is 5.92 Å². The highest BCUT2D eigenvalue weighted by Crippen LogP contribution is 2.28. The molecule has 2 aliphatic rings. The maximum absolute atomic E-state index is 12.9. The Hall–Kier alpha value is -1.69. The van der Waals surface area contributed by atoms with Crippen LogP contribution in [0.4, 0.5) is 0 Å². The summed E-state index contributed by atoms with van der Waals surface area (Å²) < 4.78 is 0. The van der Waals surface area contributed by atoms with E-state index in [2.05, 4.69) is 15.5 Å². The first kappa shape index (κ1) is 17.1. The number of likely N-dealkylation sites (tertiary alicyclic amines) is 1. The van der Waals surface area contributed by atoms with Crippen molar-refractivity contribution in [1.82, 2.24) is 20.4 Å². The van der Waals surface area contributed by atoms with E-state index < -0.39 is 0 Å². The van der Waals surface area contributed by atoms with E-state index in [0.717, 1.165) is 36.6 Å². The van der Waals surface area contributed by atoms with Gasteiger partial charge in [-0.25, -0.2) is 5.10 Å². The minimum atomic E-state index is -0.358. The van der Waals surface area contributed by atoms with Crippen molar-refractivity contribution < 1.29 is 4.79 Å². The van der Waals surface area contributed by atoms with Crippen LogP contribution in [-0.2, 0) is 12.8 Å². The number of nitrogens with zero attached hydrogens (tertiary/aromatic N) is 2. The Balaban J connectivity index is 1.67. The Labute approximate surface area is 143 Å². The quantitative estimate of drug-likeness (QED) is 0.827. The molecule has 0 aromatic carbocycles. The van der Waals surface area contributed by atoms with Gasteiger partial charge in [-0.2, -0.15) is 5.10 Å². The minimum absolute atomic E-state index is 0.133. The fourth-order valence-corrected chi connectivity index (χ4v) is 3.52. The summed E-state index contributed by atoms with van der Waals surface area (Å²) in [5.74, 6) is 0.741. The molecule has 6 heteroatoms. The Kier molecular flexibility index (Phi) is 5.33. The van der Waals surface area contributed by atoms with E-state index in [4.69, 9.17) is 0 Å².